The number of alkyl halides is 3. The summed E-state index contributed by atoms with van der Waals surface area (Å²) in [5.41, 5.74) is -0.790. The van der Waals surface area contributed by atoms with Crippen LogP contribution in [0.2, 0.25) is 5.02 Å². The standard InChI is InChI=1S/C18H21ClF3N3O3.ClH/c19-11-6-10(18(20,21)22)7-12(8-11)24-14-2-1-5-25(16(14)26)15-9-23-4-3-13(15)17(27)28;/h6-8,13-15,23-24H,1-5,9H2,(H,27,28);1H/t13-,14+,15-;/m0./s1. The zero-order valence-electron chi connectivity index (χ0n) is 15.3. The van der Waals surface area contributed by atoms with Gasteiger partial charge in [-0.25, -0.2) is 0 Å². The Morgan fingerprint density at radius 1 is 1.28 bits per heavy atom. The highest BCUT2D eigenvalue weighted by Gasteiger charge is 2.41. The first-order valence-electron chi connectivity index (χ1n) is 9.05. The van der Waals surface area contributed by atoms with Crippen LogP contribution in [0.3, 0.4) is 0 Å². The highest BCUT2D eigenvalue weighted by atomic mass is 35.5. The molecule has 0 unspecified atom stereocenters. The quantitative estimate of drug-likeness (QED) is 0.649. The van der Waals surface area contributed by atoms with Gasteiger partial charge in [-0.3, -0.25) is 9.59 Å². The molecule has 3 rings (SSSR count). The first kappa shape index (κ1) is 23.6. The Balaban J connectivity index is 0.00000300. The van der Waals surface area contributed by atoms with Gasteiger partial charge in [-0.1, -0.05) is 11.6 Å². The van der Waals surface area contributed by atoms with Crippen molar-refractivity contribution in [2.75, 3.05) is 25.0 Å². The Hall–Kier alpha value is -1.71. The van der Waals surface area contributed by atoms with Crippen LogP contribution < -0.4 is 10.6 Å². The Morgan fingerprint density at radius 3 is 2.66 bits per heavy atom. The van der Waals surface area contributed by atoms with E-state index in [0.29, 0.717) is 38.9 Å². The number of carbonyl (C=O) groups is 2. The lowest BCUT2D eigenvalue weighted by molar-refractivity contribution is -0.149. The van der Waals surface area contributed by atoms with E-state index in [1.54, 1.807) is 4.90 Å². The van der Waals surface area contributed by atoms with E-state index >= 15 is 0 Å². The van der Waals surface area contributed by atoms with E-state index in [9.17, 15) is 27.9 Å². The van der Waals surface area contributed by atoms with Crippen molar-refractivity contribution < 1.29 is 27.9 Å². The van der Waals surface area contributed by atoms with Gasteiger partial charge in [-0.15, -0.1) is 12.4 Å². The van der Waals surface area contributed by atoms with Crippen molar-refractivity contribution in [2.45, 2.75) is 37.5 Å². The van der Waals surface area contributed by atoms with Crippen molar-refractivity contribution in [3.05, 3.63) is 28.8 Å². The number of benzene rings is 1. The average molecular weight is 456 g/mol. The van der Waals surface area contributed by atoms with Crippen LogP contribution in [0, 0.1) is 5.92 Å². The number of anilines is 1. The minimum Gasteiger partial charge on any atom is -0.481 e. The van der Waals surface area contributed by atoms with Crippen LogP contribution in [0.5, 0.6) is 0 Å². The molecule has 1 aromatic rings. The second kappa shape index (κ2) is 9.40. The maximum atomic E-state index is 13.0. The summed E-state index contributed by atoms with van der Waals surface area (Å²) in [6.45, 7) is 1.38. The SMILES string of the molecule is Cl.O=C(O)[C@H]1CCNC[C@@H]1N1CCC[C@@H](Nc2cc(Cl)cc(C(F)(F)F)c2)C1=O. The van der Waals surface area contributed by atoms with E-state index in [1.807, 2.05) is 0 Å². The molecule has 1 amide bonds. The van der Waals surface area contributed by atoms with Crippen molar-refractivity contribution in [3.63, 3.8) is 0 Å². The van der Waals surface area contributed by atoms with E-state index in [-0.39, 0.29) is 29.0 Å². The van der Waals surface area contributed by atoms with Crippen molar-refractivity contribution in [1.82, 2.24) is 10.2 Å². The number of amides is 1. The number of hydrogen-bond donors (Lipinski definition) is 3. The summed E-state index contributed by atoms with van der Waals surface area (Å²) in [5, 5.41) is 15.3. The number of halogens is 5. The van der Waals surface area contributed by atoms with Crippen molar-refractivity contribution in [1.29, 1.82) is 0 Å². The van der Waals surface area contributed by atoms with Crippen molar-refractivity contribution >= 4 is 41.6 Å². The van der Waals surface area contributed by atoms with Gasteiger partial charge < -0.3 is 20.6 Å². The molecule has 2 saturated heterocycles. The van der Waals surface area contributed by atoms with Gasteiger partial charge in [0, 0.05) is 23.8 Å². The van der Waals surface area contributed by atoms with E-state index in [1.165, 1.54) is 6.07 Å². The predicted octanol–water partition coefficient (Wildman–Crippen LogP) is 3.25. The van der Waals surface area contributed by atoms with E-state index in [0.717, 1.165) is 12.1 Å². The highest BCUT2D eigenvalue weighted by molar-refractivity contribution is 6.31. The fourth-order valence-electron chi connectivity index (χ4n) is 3.86. The fourth-order valence-corrected chi connectivity index (χ4v) is 4.09. The lowest BCUT2D eigenvalue weighted by atomic mass is 9.89. The summed E-state index contributed by atoms with van der Waals surface area (Å²) >= 11 is 5.81. The second-order valence-electron chi connectivity index (χ2n) is 7.10. The van der Waals surface area contributed by atoms with Crippen LogP contribution in [-0.2, 0) is 15.8 Å². The number of rotatable bonds is 4. The fraction of sp³-hybridized carbons (Fsp3) is 0.556. The van der Waals surface area contributed by atoms with Gasteiger partial charge in [0.15, 0.2) is 0 Å². The van der Waals surface area contributed by atoms with Gasteiger partial charge >= 0.3 is 12.1 Å². The molecule has 3 N–H and O–H groups in total. The first-order valence-corrected chi connectivity index (χ1v) is 9.43. The van der Waals surface area contributed by atoms with Crippen LogP contribution >= 0.6 is 24.0 Å². The minimum atomic E-state index is -4.55. The Bertz CT molecular complexity index is 764. The van der Waals surface area contributed by atoms with E-state index in [2.05, 4.69) is 10.6 Å². The monoisotopic (exact) mass is 455 g/mol. The van der Waals surface area contributed by atoms with Gasteiger partial charge in [0.05, 0.1) is 17.5 Å². The number of hydrogen-bond acceptors (Lipinski definition) is 4. The topological polar surface area (TPSA) is 81.7 Å². The number of carboxylic acid groups (broad SMARTS) is 1. The molecule has 2 aliphatic rings. The summed E-state index contributed by atoms with van der Waals surface area (Å²) in [5.74, 6) is -1.91. The molecule has 0 saturated carbocycles. The molecule has 0 aliphatic carbocycles. The van der Waals surface area contributed by atoms with Gasteiger partial charge in [0.2, 0.25) is 5.91 Å². The van der Waals surface area contributed by atoms with Crippen molar-refractivity contribution in [2.24, 2.45) is 5.92 Å². The molecule has 0 bridgehead atoms. The molecule has 162 valence electrons. The van der Waals surface area contributed by atoms with Crippen LogP contribution in [-0.4, -0.2) is 53.6 Å². The number of aliphatic carboxylic acids is 1. The second-order valence-corrected chi connectivity index (χ2v) is 7.54. The van der Waals surface area contributed by atoms with Crippen LogP contribution in [0.1, 0.15) is 24.8 Å². The van der Waals surface area contributed by atoms with Crippen molar-refractivity contribution in [3.8, 4) is 0 Å². The Kier molecular flexibility index (Phi) is 7.64. The van der Waals surface area contributed by atoms with Crippen LogP contribution in [0.4, 0.5) is 18.9 Å². The lowest BCUT2D eigenvalue weighted by Gasteiger charge is -2.42. The number of nitrogens with zero attached hydrogens (tertiary/aromatic N) is 1. The smallest absolute Gasteiger partial charge is 0.416 e. The zero-order valence-corrected chi connectivity index (χ0v) is 16.9. The summed E-state index contributed by atoms with van der Waals surface area (Å²) in [6, 6.07) is 1.87. The van der Waals surface area contributed by atoms with E-state index in [4.69, 9.17) is 11.6 Å². The minimum absolute atomic E-state index is 0. The number of carbonyl (C=O) groups excluding carboxylic acids is 1. The molecule has 6 nitrogen and oxygen atoms in total. The number of carboxylic acids is 1. The molecule has 2 aliphatic heterocycles. The largest absolute Gasteiger partial charge is 0.481 e. The average Bonchev–Trinajstić information content (AvgIpc) is 2.62. The molecular weight excluding hydrogens is 434 g/mol. The Morgan fingerprint density at radius 2 is 2.00 bits per heavy atom. The van der Waals surface area contributed by atoms with Crippen LogP contribution in [0.15, 0.2) is 18.2 Å². The molecule has 11 heteroatoms. The summed E-state index contributed by atoms with van der Waals surface area (Å²) in [4.78, 5) is 26.0. The van der Waals surface area contributed by atoms with Crippen LogP contribution in [0.25, 0.3) is 0 Å². The van der Waals surface area contributed by atoms with Gasteiger partial charge in [-0.05, 0) is 44.0 Å². The molecule has 2 heterocycles. The summed E-state index contributed by atoms with van der Waals surface area (Å²) < 4.78 is 39.0. The molecule has 0 radical (unpaired) electrons. The zero-order chi connectivity index (χ0) is 20.5. The maximum Gasteiger partial charge on any atom is 0.416 e. The third kappa shape index (κ3) is 5.46. The third-order valence-electron chi connectivity index (χ3n) is 5.21. The van der Waals surface area contributed by atoms with E-state index < -0.39 is 35.7 Å². The molecule has 1 aromatic carbocycles. The highest BCUT2D eigenvalue weighted by Crippen LogP contribution is 2.34. The lowest BCUT2D eigenvalue weighted by Crippen LogP contribution is -2.60. The normalized spacial score (nSPS) is 25.3. The molecule has 0 aromatic heterocycles. The molecule has 29 heavy (non-hydrogen) atoms. The van der Waals surface area contributed by atoms with Gasteiger partial charge in [0.25, 0.3) is 0 Å². The summed E-state index contributed by atoms with van der Waals surface area (Å²) in [6.07, 6.45) is -3.06. The molecule has 2 fully saturated rings. The number of nitrogens with one attached hydrogen (secondary N) is 2. The predicted molar refractivity (Wildman–Crippen MR) is 104 cm³/mol. The molecule has 3 atom stereocenters. The summed E-state index contributed by atoms with van der Waals surface area (Å²) in [7, 11) is 0. The third-order valence-corrected chi connectivity index (χ3v) is 5.42. The Labute approximate surface area is 177 Å². The number of likely N-dealkylation sites (tertiary alicyclic amines) is 1. The van der Waals surface area contributed by atoms with Gasteiger partial charge in [0.1, 0.15) is 6.04 Å². The molecule has 0 spiro atoms. The molecular formula is C18H22Cl2F3N3O3. The van der Waals surface area contributed by atoms with Gasteiger partial charge in [-0.2, -0.15) is 13.2 Å². The number of piperidine rings is 2. The first-order chi connectivity index (χ1) is 13.2. The maximum absolute atomic E-state index is 13.0.